The Balaban J connectivity index is 3.84. The van der Waals surface area contributed by atoms with Gasteiger partial charge in [0, 0.05) is 19.8 Å². The van der Waals surface area contributed by atoms with Gasteiger partial charge in [-0.3, -0.25) is 0 Å². The van der Waals surface area contributed by atoms with Gasteiger partial charge in [0.05, 0.1) is 0 Å². The molecule has 0 aliphatic rings. The minimum Gasteiger partial charge on any atom is -0.396 e. The molecule has 0 saturated heterocycles. The molecule has 3 heteroatoms. The predicted molar refractivity (Wildman–Crippen MR) is 136 cm³/mol. The van der Waals surface area contributed by atoms with Crippen molar-refractivity contribution in [2.75, 3.05) is 19.8 Å². The van der Waals surface area contributed by atoms with E-state index in [-0.39, 0.29) is 12.9 Å². The Kier molecular flexibility index (Phi) is 27.3. The van der Waals surface area contributed by atoms with Crippen LogP contribution in [0.1, 0.15) is 142 Å². The number of aliphatic hydroxyl groups is 1. The zero-order valence-electron chi connectivity index (χ0n) is 21.3. The molecule has 0 fully saturated rings. The average Bonchev–Trinajstić information content (AvgIpc) is 2.78. The molecular formula is C28H56O3. The lowest BCUT2D eigenvalue weighted by atomic mass is 10.1. The van der Waals surface area contributed by atoms with Crippen LogP contribution in [0.2, 0.25) is 0 Å². The summed E-state index contributed by atoms with van der Waals surface area (Å²) in [6.45, 7) is 6.45. The number of unbranched alkanes of at least 4 members (excludes halogenated alkanes) is 15. The zero-order chi connectivity index (χ0) is 22.7. The first-order valence-corrected chi connectivity index (χ1v) is 13.8. The van der Waals surface area contributed by atoms with Crippen LogP contribution in [0.15, 0.2) is 12.2 Å². The normalized spacial score (nSPS) is 11.9. The van der Waals surface area contributed by atoms with Crippen LogP contribution < -0.4 is 0 Å². The molecule has 0 spiro atoms. The van der Waals surface area contributed by atoms with Crippen LogP contribution in [0, 0.1) is 0 Å². The molecule has 0 saturated carbocycles. The van der Waals surface area contributed by atoms with Crippen LogP contribution in [0.4, 0.5) is 0 Å². The lowest BCUT2D eigenvalue weighted by Crippen LogP contribution is -2.19. The smallest absolute Gasteiger partial charge is 0.157 e. The van der Waals surface area contributed by atoms with Crippen LogP contribution in [0.3, 0.4) is 0 Å². The standard InChI is InChI=1S/C28H56O3/c1-3-5-7-9-11-13-18-22-26-30-28(24-20-16-15-17-21-25-29)31-27-23-19-14-12-10-8-6-4-2/h15,17,28-29H,3-14,16,18-27H2,1-2H3/b17-15+. The minimum absolute atomic E-state index is 0.0413. The Hall–Kier alpha value is -0.380. The number of rotatable bonds is 26. The third kappa shape index (κ3) is 25.8. The maximum Gasteiger partial charge on any atom is 0.157 e. The minimum atomic E-state index is -0.0413. The number of aliphatic hydroxyl groups excluding tert-OH is 1. The third-order valence-electron chi connectivity index (χ3n) is 5.88. The second-order valence-corrected chi connectivity index (χ2v) is 9.04. The summed E-state index contributed by atoms with van der Waals surface area (Å²) in [4.78, 5) is 0. The Bertz CT molecular complexity index is 321. The molecule has 0 rings (SSSR count). The van der Waals surface area contributed by atoms with E-state index in [1.165, 1.54) is 89.9 Å². The topological polar surface area (TPSA) is 38.7 Å². The molecule has 0 aromatic heterocycles. The number of hydrogen-bond acceptors (Lipinski definition) is 3. The van der Waals surface area contributed by atoms with Crippen molar-refractivity contribution in [2.45, 2.75) is 149 Å². The summed E-state index contributed by atoms with van der Waals surface area (Å²) in [5.74, 6) is 0. The van der Waals surface area contributed by atoms with Crippen LogP contribution in [-0.2, 0) is 9.47 Å². The molecule has 0 atom stereocenters. The molecule has 0 aliphatic heterocycles. The predicted octanol–water partition coefficient (Wildman–Crippen LogP) is 8.74. The quantitative estimate of drug-likeness (QED) is 0.0830. The van der Waals surface area contributed by atoms with Gasteiger partial charge in [-0.1, -0.05) is 116 Å². The van der Waals surface area contributed by atoms with Gasteiger partial charge in [-0.15, -0.1) is 0 Å². The fourth-order valence-electron chi connectivity index (χ4n) is 3.83. The fraction of sp³-hybridized carbons (Fsp3) is 0.929. The van der Waals surface area contributed by atoms with Crippen LogP contribution in [-0.4, -0.2) is 31.2 Å². The number of allylic oxidation sites excluding steroid dienone is 1. The lowest BCUT2D eigenvalue weighted by molar-refractivity contribution is -0.147. The van der Waals surface area contributed by atoms with Crippen molar-refractivity contribution in [3.05, 3.63) is 12.2 Å². The largest absolute Gasteiger partial charge is 0.396 e. The monoisotopic (exact) mass is 440 g/mol. The van der Waals surface area contributed by atoms with Crippen molar-refractivity contribution in [3.63, 3.8) is 0 Å². The van der Waals surface area contributed by atoms with Crippen molar-refractivity contribution in [1.29, 1.82) is 0 Å². The van der Waals surface area contributed by atoms with E-state index >= 15 is 0 Å². The highest BCUT2D eigenvalue weighted by Crippen LogP contribution is 2.13. The molecule has 0 aliphatic carbocycles. The molecule has 3 nitrogen and oxygen atoms in total. The summed E-state index contributed by atoms with van der Waals surface area (Å²) >= 11 is 0. The molecule has 0 bridgehead atoms. The summed E-state index contributed by atoms with van der Waals surface area (Å²) < 4.78 is 12.2. The van der Waals surface area contributed by atoms with E-state index in [0.29, 0.717) is 0 Å². The van der Waals surface area contributed by atoms with Gasteiger partial charge in [0.2, 0.25) is 0 Å². The molecule has 1 N–H and O–H groups in total. The maximum atomic E-state index is 8.84. The maximum absolute atomic E-state index is 8.84. The first-order valence-electron chi connectivity index (χ1n) is 13.8. The van der Waals surface area contributed by atoms with Gasteiger partial charge in [0.25, 0.3) is 0 Å². The summed E-state index contributed by atoms with van der Waals surface area (Å²) in [6, 6.07) is 0. The molecule has 0 amide bonds. The highest BCUT2D eigenvalue weighted by Gasteiger charge is 2.09. The highest BCUT2D eigenvalue weighted by atomic mass is 16.7. The molecule has 31 heavy (non-hydrogen) atoms. The van der Waals surface area contributed by atoms with E-state index in [4.69, 9.17) is 14.6 Å². The van der Waals surface area contributed by atoms with Crippen LogP contribution >= 0.6 is 0 Å². The van der Waals surface area contributed by atoms with E-state index in [0.717, 1.165) is 51.7 Å². The van der Waals surface area contributed by atoms with Crippen molar-refractivity contribution in [3.8, 4) is 0 Å². The van der Waals surface area contributed by atoms with Gasteiger partial charge in [-0.25, -0.2) is 0 Å². The first-order chi connectivity index (χ1) is 15.3. The summed E-state index contributed by atoms with van der Waals surface area (Å²) in [5.41, 5.74) is 0. The van der Waals surface area contributed by atoms with E-state index in [1.54, 1.807) is 0 Å². The summed E-state index contributed by atoms with van der Waals surface area (Å²) in [7, 11) is 0. The number of ether oxygens (including phenoxy) is 2. The molecule has 0 aromatic carbocycles. The van der Waals surface area contributed by atoms with Gasteiger partial charge >= 0.3 is 0 Å². The van der Waals surface area contributed by atoms with Gasteiger partial charge in [-0.2, -0.15) is 0 Å². The zero-order valence-corrected chi connectivity index (χ0v) is 21.3. The first kappa shape index (κ1) is 30.6. The Labute approximate surface area is 195 Å². The Morgan fingerprint density at radius 2 is 0.968 bits per heavy atom. The van der Waals surface area contributed by atoms with Crippen molar-refractivity contribution in [1.82, 2.24) is 0 Å². The number of hydrogen-bond donors (Lipinski definition) is 1. The highest BCUT2D eigenvalue weighted by molar-refractivity contribution is 4.81. The van der Waals surface area contributed by atoms with Gasteiger partial charge in [0.15, 0.2) is 6.29 Å². The summed E-state index contributed by atoms with van der Waals surface area (Å²) in [6.07, 6.45) is 29.3. The van der Waals surface area contributed by atoms with Crippen LogP contribution in [0.5, 0.6) is 0 Å². The molecule has 186 valence electrons. The van der Waals surface area contributed by atoms with Gasteiger partial charge in [-0.05, 0) is 38.5 Å². The average molecular weight is 441 g/mol. The SMILES string of the molecule is CCCCCCCCCCOC(CCC/C=C/CCO)OCCCCCCCCCC. The molecule has 0 aromatic rings. The molecule has 0 unspecified atom stereocenters. The van der Waals surface area contributed by atoms with E-state index in [2.05, 4.69) is 26.0 Å². The third-order valence-corrected chi connectivity index (χ3v) is 5.88. The molecular weight excluding hydrogens is 384 g/mol. The van der Waals surface area contributed by atoms with Crippen molar-refractivity contribution < 1.29 is 14.6 Å². The summed E-state index contributed by atoms with van der Waals surface area (Å²) in [5, 5.41) is 8.84. The van der Waals surface area contributed by atoms with E-state index in [9.17, 15) is 0 Å². The Morgan fingerprint density at radius 3 is 1.42 bits per heavy atom. The van der Waals surface area contributed by atoms with E-state index in [1.807, 2.05) is 0 Å². The second kappa shape index (κ2) is 27.7. The van der Waals surface area contributed by atoms with Crippen molar-refractivity contribution in [2.24, 2.45) is 0 Å². The second-order valence-electron chi connectivity index (χ2n) is 9.04. The lowest BCUT2D eigenvalue weighted by Gasteiger charge is -2.18. The Morgan fingerprint density at radius 1 is 0.548 bits per heavy atom. The van der Waals surface area contributed by atoms with Crippen molar-refractivity contribution >= 4 is 0 Å². The van der Waals surface area contributed by atoms with Gasteiger partial charge < -0.3 is 14.6 Å². The van der Waals surface area contributed by atoms with E-state index < -0.39 is 0 Å². The molecule has 0 radical (unpaired) electrons. The van der Waals surface area contributed by atoms with Gasteiger partial charge in [0.1, 0.15) is 0 Å². The molecule has 0 heterocycles. The fourth-order valence-corrected chi connectivity index (χ4v) is 3.83. The van der Waals surface area contributed by atoms with Crippen LogP contribution in [0.25, 0.3) is 0 Å².